The van der Waals surface area contributed by atoms with E-state index in [-0.39, 0.29) is 5.91 Å². The topological polar surface area (TPSA) is 51.3 Å². The molecule has 1 aliphatic rings. The molecule has 0 atom stereocenters. The fraction of sp³-hybridized carbons (Fsp3) is 0.500. The summed E-state index contributed by atoms with van der Waals surface area (Å²) < 4.78 is 2.16. The summed E-state index contributed by atoms with van der Waals surface area (Å²) in [6.45, 7) is 5.00. The molecule has 2 N–H and O–H groups in total. The number of likely N-dealkylation sites (tertiary alicyclic amines) is 1. The third kappa shape index (κ3) is 2.75. The number of hydrogen-bond donors (Lipinski definition) is 1. The molecule has 1 aromatic heterocycles. The lowest BCUT2D eigenvalue weighted by Crippen LogP contribution is -2.37. The maximum absolute atomic E-state index is 12.6. The number of nitrogens with two attached hydrogens (primary N) is 1. The van der Waals surface area contributed by atoms with Gasteiger partial charge in [0.25, 0.3) is 0 Å². The van der Waals surface area contributed by atoms with Crippen molar-refractivity contribution >= 4 is 16.8 Å². The smallest absolute Gasteiger partial charge is 0.242 e. The highest BCUT2D eigenvalue weighted by molar-refractivity contribution is 5.87. The van der Waals surface area contributed by atoms with Crippen molar-refractivity contribution in [3.63, 3.8) is 0 Å². The van der Waals surface area contributed by atoms with Crippen LogP contribution in [-0.2, 0) is 17.8 Å². The van der Waals surface area contributed by atoms with E-state index in [1.54, 1.807) is 0 Å². The molecule has 0 unspecified atom stereocenters. The Bertz CT molecular complexity index is 668. The Morgan fingerprint density at radius 3 is 2.64 bits per heavy atom. The quantitative estimate of drug-likeness (QED) is 0.943. The summed E-state index contributed by atoms with van der Waals surface area (Å²) >= 11 is 0. The van der Waals surface area contributed by atoms with Gasteiger partial charge in [-0.1, -0.05) is 18.2 Å². The molecule has 1 saturated heterocycles. The van der Waals surface area contributed by atoms with E-state index >= 15 is 0 Å². The Kier molecular flexibility index (Phi) is 4.48. The van der Waals surface area contributed by atoms with Crippen molar-refractivity contribution in [2.75, 3.05) is 19.6 Å². The van der Waals surface area contributed by atoms with Crippen LogP contribution in [-0.4, -0.2) is 35.0 Å². The van der Waals surface area contributed by atoms with Gasteiger partial charge in [0.2, 0.25) is 5.91 Å². The number of aromatic nitrogens is 1. The van der Waals surface area contributed by atoms with Gasteiger partial charge < -0.3 is 15.2 Å². The molecule has 0 radical (unpaired) electrons. The lowest BCUT2D eigenvalue weighted by atomic mass is 10.1. The number of benzene rings is 1. The van der Waals surface area contributed by atoms with Gasteiger partial charge in [0.05, 0.1) is 0 Å². The molecule has 0 bridgehead atoms. The van der Waals surface area contributed by atoms with Crippen LogP contribution in [0.15, 0.2) is 24.3 Å². The van der Waals surface area contributed by atoms with Crippen molar-refractivity contribution < 1.29 is 4.79 Å². The van der Waals surface area contributed by atoms with E-state index in [2.05, 4.69) is 29.7 Å². The number of piperidine rings is 1. The van der Waals surface area contributed by atoms with E-state index in [4.69, 9.17) is 5.73 Å². The van der Waals surface area contributed by atoms with Gasteiger partial charge in [-0.2, -0.15) is 0 Å². The maximum Gasteiger partial charge on any atom is 0.242 e. The minimum atomic E-state index is 0.239. The van der Waals surface area contributed by atoms with Crippen molar-refractivity contribution in [1.29, 1.82) is 0 Å². The first-order valence-electron chi connectivity index (χ1n) is 8.27. The summed E-state index contributed by atoms with van der Waals surface area (Å²) in [7, 11) is 0. The minimum Gasteiger partial charge on any atom is -0.341 e. The predicted molar refractivity (Wildman–Crippen MR) is 89.9 cm³/mol. The molecule has 1 amide bonds. The van der Waals surface area contributed by atoms with Gasteiger partial charge in [-0.15, -0.1) is 0 Å². The second kappa shape index (κ2) is 6.53. The average molecular weight is 299 g/mol. The van der Waals surface area contributed by atoms with Crippen molar-refractivity contribution in [3.05, 3.63) is 35.5 Å². The summed E-state index contributed by atoms with van der Waals surface area (Å²) in [5.41, 5.74) is 9.37. The maximum atomic E-state index is 12.6. The summed E-state index contributed by atoms with van der Waals surface area (Å²) in [4.78, 5) is 14.6. The van der Waals surface area contributed by atoms with Crippen molar-refractivity contribution in [2.24, 2.45) is 5.73 Å². The fourth-order valence-electron chi connectivity index (χ4n) is 3.54. The third-order valence-corrected chi connectivity index (χ3v) is 4.76. The van der Waals surface area contributed by atoms with Crippen LogP contribution < -0.4 is 5.73 Å². The zero-order valence-corrected chi connectivity index (χ0v) is 13.3. The number of hydrogen-bond acceptors (Lipinski definition) is 2. The van der Waals surface area contributed by atoms with Crippen LogP contribution >= 0.6 is 0 Å². The van der Waals surface area contributed by atoms with Gasteiger partial charge in [0.1, 0.15) is 6.54 Å². The molecule has 118 valence electrons. The van der Waals surface area contributed by atoms with Crippen LogP contribution in [0.3, 0.4) is 0 Å². The van der Waals surface area contributed by atoms with E-state index in [0.29, 0.717) is 13.1 Å². The predicted octanol–water partition coefficient (Wildman–Crippen LogP) is 2.46. The van der Waals surface area contributed by atoms with E-state index in [1.807, 2.05) is 11.0 Å². The molecule has 1 aromatic carbocycles. The van der Waals surface area contributed by atoms with E-state index in [1.165, 1.54) is 23.1 Å². The lowest BCUT2D eigenvalue weighted by molar-refractivity contribution is -0.132. The van der Waals surface area contributed by atoms with Gasteiger partial charge in [-0.05, 0) is 50.8 Å². The Balaban J connectivity index is 1.92. The molecule has 1 aliphatic heterocycles. The highest BCUT2D eigenvalue weighted by Crippen LogP contribution is 2.26. The van der Waals surface area contributed by atoms with Crippen molar-refractivity contribution in [3.8, 4) is 0 Å². The normalized spacial score (nSPS) is 15.5. The highest BCUT2D eigenvalue weighted by atomic mass is 16.2. The van der Waals surface area contributed by atoms with Crippen molar-refractivity contribution in [1.82, 2.24) is 9.47 Å². The number of nitrogens with zero attached hydrogens (tertiary/aromatic N) is 2. The van der Waals surface area contributed by atoms with Crippen LogP contribution in [0.25, 0.3) is 10.9 Å². The van der Waals surface area contributed by atoms with Crippen LogP contribution in [0.1, 0.15) is 30.5 Å². The van der Waals surface area contributed by atoms with Gasteiger partial charge in [-0.3, -0.25) is 4.79 Å². The molecule has 22 heavy (non-hydrogen) atoms. The summed E-state index contributed by atoms with van der Waals surface area (Å²) in [6.07, 6.45) is 4.37. The van der Waals surface area contributed by atoms with Crippen LogP contribution in [0.2, 0.25) is 0 Å². The highest BCUT2D eigenvalue weighted by Gasteiger charge is 2.20. The lowest BCUT2D eigenvalue weighted by Gasteiger charge is -2.27. The van der Waals surface area contributed by atoms with Crippen LogP contribution in [0.5, 0.6) is 0 Å². The molecular weight excluding hydrogens is 274 g/mol. The van der Waals surface area contributed by atoms with E-state index < -0.39 is 0 Å². The average Bonchev–Trinajstić information content (AvgIpc) is 2.82. The number of fused-ring (bicyclic) bond motifs is 1. The molecule has 0 spiro atoms. The number of carbonyl (C=O) groups is 1. The number of para-hydroxylation sites is 1. The van der Waals surface area contributed by atoms with Gasteiger partial charge in [0.15, 0.2) is 0 Å². The van der Waals surface area contributed by atoms with Crippen LogP contribution in [0.4, 0.5) is 0 Å². The zero-order valence-electron chi connectivity index (χ0n) is 13.3. The summed E-state index contributed by atoms with van der Waals surface area (Å²) in [6, 6.07) is 8.33. The molecule has 0 aliphatic carbocycles. The number of carbonyl (C=O) groups excluding carboxylic acids is 1. The standard InChI is InChI=1S/C18H25N3O/c1-14-15(9-10-19)16-7-3-4-8-17(16)21(14)13-18(22)20-11-5-2-6-12-20/h3-4,7-8H,2,5-6,9-13,19H2,1H3. The first kappa shape index (κ1) is 15.1. The second-order valence-corrected chi connectivity index (χ2v) is 6.15. The van der Waals surface area contributed by atoms with Gasteiger partial charge >= 0.3 is 0 Å². The molecule has 4 nitrogen and oxygen atoms in total. The second-order valence-electron chi connectivity index (χ2n) is 6.15. The van der Waals surface area contributed by atoms with Gasteiger partial charge in [-0.25, -0.2) is 0 Å². The number of amides is 1. The fourth-order valence-corrected chi connectivity index (χ4v) is 3.54. The largest absolute Gasteiger partial charge is 0.341 e. The molecule has 3 rings (SSSR count). The Labute approximate surface area is 131 Å². The zero-order chi connectivity index (χ0) is 15.5. The van der Waals surface area contributed by atoms with E-state index in [9.17, 15) is 4.79 Å². The first-order valence-corrected chi connectivity index (χ1v) is 8.27. The molecular formula is C18H25N3O. The number of rotatable bonds is 4. The Morgan fingerprint density at radius 2 is 1.91 bits per heavy atom. The molecule has 0 saturated carbocycles. The van der Waals surface area contributed by atoms with Gasteiger partial charge in [0, 0.05) is 29.7 Å². The molecule has 2 heterocycles. The Hall–Kier alpha value is -1.81. The minimum absolute atomic E-state index is 0.239. The summed E-state index contributed by atoms with van der Waals surface area (Å²) in [5.74, 6) is 0.239. The molecule has 1 fully saturated rings. The van der Waals surface area contributed by atoms with E-state index in [0.717, 1.165) is 37.9 Å². The first-order chi connectivity index (χ1) is 10.7. The SMILES string of the molecule is Cc1c(CCN)c2ccccc2n1CC(=O)N1CCCCC1. The third-order valence-electron chi connectivity index (χ3n) is 4.76. The monoisotopic (exact) mass is 299 g/mol. The summed E-state index contributed by atoms with van der Waals surface area (Å²) in [5, 5.41) is 1.23. The van der Waals surface area contributed by atoms with Crippen LogP contribution in [0, 0.1) is 6.92 Å². The molecule has 2 aromatic rings. The Morgan fingerprint density at radius 1 is 1.18 bits per heavy atom. The molecule has 4 heteroatoms. The van der Waals surface area contributed by atoms with Crippen molar-refractivity contribution in [2.45, 2.75) is 39.2 Å².